The van der Waals surface area contributed by atoms with Crippen molar-refractivity contribution in [1.82, 2.24) is 10.2 Å². The van der Waals surface area contributed by atoms with Gasteiger partial charge in [-0.25, -0.2) is 8.42 Å². The quantitative estimate of drug-likeness (QED) is 0.314. The molecule has 2 amide bonds. The lowest BCUT2D eigenvalue weighted by atomic mass is 10.1. The van der Waals surface area contributed by atoms with Gasteiger partial charge in [-0.05, 0) is 69.7 Å². The second-order valence-corrected chi connectivity index (χ2v) is 13.0. The maximum Gasteiger partial charge on any atom is 0.264 e. The molecule has 208 valence electrons. The van der Waals surface area contributed by atoms with E-state index in [1.54, 1.807) is 55.5 Å². The average molecular weight is 611 g/mol. The van der Waals surface area contributed by atoms with E-state index >= 15 is 0 Å². The first kappa shape index (κ1) is 30.8. The zero-order valence-electron chi connectivity index (χ0n) is 22.0. The number of hydrogen-bond donors (Lipinski definition) is 1. The fourth-order valence-electron chi connectivity index (χ4n) is 3.76. The molecule has 0 aliphatic rings. The van der Waals surface area contributed by atoms with Crippen molar-refractivity contribution in [3.63, 3.8) is 0 Å². The molecular weight excluding hydrogens is 581 g/mol. The molecule has 0 saturated carbocycles. The SMILES string of the molecule is C[C@@H](C(=O)NC(C)(C)C)N(Cc1ccc(Cl)cc1)C(=O)CN(c1cccc(Cl)c1Cl)S(=O)(=O)c1ccccc1. The summed E-state index contributed by atoms with van der Waals surface area (Å²) < 4.78 is 28.5. The van der Waals surface area contributed by atoms with Gasteiger partial charge in [0.25, 0.3) is 10.0 Å². The lowest BCUT2D eigenvalue weighted by molar-refractivity contribution is -0.140. The third-order valence-electron chi connectivity index (χ3n) is 5.74. The second kappa shape index (κ2) is 12.6. The summed E-state index contributed by atoms with van der Waals surface area (Å²) in [5.41, 5.74) is 0.207. The highest BCUT2D eigenvalue weighted by Gasteiger charge is 2.34. The number of nitrogens with one attached hydrogen (secondary N) is 1. The summed E-state index contributed by atoms with van der Waals surface area (Å²) in [6.07, 6.45) is 0. The Labute approximate surface area is 244 Å². The van der Waals surface area contributed by atoms with E-state index in [1.807, 2.05) is 20.8 Å². The molecule has 0 spiro atoms. The first-order valence-electron chi connectivity index (χ1n) is 12.1. The lowest BCUT2D eigenvalue weighted by Gasteiger charge is -2.33. The van der Waals surface area contributed by atoms with Crippen LogP contribution in [-0.2, 0) is 26.2 Å². The van der Waals surface area contributed by atoms with Gasteiger partial charge in [-0.2, -0.15) is 0 Å². The van der Waals surface area contributed by atoms with Gasteiger partial charge in [-0.3, -0.25) is 13.9 Å². The average Bonchev–Trinajstić information content (AvgIpc) is 2.87. The Kier molecular flexibility index (Phi) is 9.93. The largest absolute Gasteiger partial charge is 0.350 e. The van der Waals surface area contributed by atoms with Gasteiger partial charge in [-0.1, -0.05) is 71.2 Å². The predicted molar refractivity (Wildman–Crippen MR) is 157 cm³/mol. The van der Waals surface area contributed by atoms with Crippen molar-refractivity contribution in [2.24, 2.45) is 0 Å². The van der Waals surface area contributed by atoms with Gasteiger partial charge >= 0.3 is 0 Å². The van der Waals surface area contributed by atoms with Gasteiger partial charge in [0, 0.05) is 17.1 Å². The summed E-state index contributed by atoms with van der Waals surface area (Å²) in [5, 5.41) is 3.51. The zero-order valence-corrected chi connectivity index (χ0v) is 25.1. The van der Waals surface area contributed by atoms with E-state index in [2.05, 4.69) is 5.32 Å². The molecule has 0 aliphatic heterocycles. The van der Waals surface area contributed by atoms with Crippen molar-refractivity contribution in [2.45, 2.75) is 50.7 Å². The molecule has 3 aromatic carbocycles. The van der Waals surface area contributed by atoms with E-state index < -0.39 is 34.1 Å². The first-order chi connectivity index (χ1) is 18.2. The Morgan fingerprint density at radius 1 is 0.897 bits per heavy atom. The summed E-state index contributed by atoms with van der Waals surface area (Å²) in [6, 6.07) is 18.2. The van der Waals surface area contributed by atoms with Gasteiger partial charge in [0.05, 0.1) is 20.6 Å². The summed E-state index contributed by atoms with van der Waals surface area (Å²) in [7, 11) is -4.25. The van der Waals surface area contributed by atoms with Crippen LogP contribution < -0.4 is 9.62 Å². The van der Waals surface area contributed by atoms with E-state index in [0.717, 1.165) is 4.31 Å². The monoisotopic (exact) mass is 609 g/mol. The van der Waals surface area contributed by atoms with Crippen molar-refractivity contribution in [1.29, 1.82) is 0 Å². The second-order valence-electron chi connectivity index (χ2n) is 9.96. The molecule has 3 rings (SSSR count). The molecule has 0 bridgehead atoms. The fourth-order valence-corrected chi connectivity index (χ4v) is 5.78. The Morgan fingerprint density at radius 3 is 2.10 bits per heavy atom. The van der Waals surface area contributed by atoms with Gasteiger partial charge in [0.15, 0.2) is 0 Å². The summed E-state index contributed by atoms with van der Waals surface area (Å²) in [4.78, 5) is 28.3. The van der Waals surface area contributed by atoms with E-state index in [4.69, 9.17) is 34.8 Å². The highest BCUT2D eigenvalue weighted by molar-refractivity contribution is 7.92. The Hall–Kier alpha value is -2.78. The van der Waals surface area contributed by atoms with Gasteiger partial charge in [0.1, 0.15) is 12.6 Å². The number of hydrogen-bond acceptors (Lipinski definition) is 4. The first-order valence-corrected chi connectivity index (χ1v) is 14.7. The summed E-state index contributed by atoms with van der Waals surface area (Å²) >= 11 is 18.7. The highest BCUT2D eigenvalue weighted by Crippen LogP contribution is 2.35. The third kappa shape index (κ3) is 7.88. The molecule has 0 unspecified atom stereocenters. The maximum atomic E-state index is 13.9. The van der Waals surface area contributed by atoms with E-state index in [0.29, 0.717) is 10.6 Å². The minimum absolute atomic E-state index is 0.0192. The van der Waals surface area contributed by atoms with Crippen LogP contribution >= 0.6 is 34.8 Å². The molecule has 7 nitrogen and oxygen atoms in total. The number of benzene rings is 3. The Balaban J connectivity index is 2.06. The minimum atomic E-state index is -4.25. The Morgan fingerprint density at radius 2 is 1.51 bits per heavy atom. The van der Waals surface area contributed by atoms with Gasteiger partial charge < -0.3 is 10.2 Å². The number of anilines is 1. The van der Waals surface area contributed by atoms with Crippen molar-refractivity contribution in [3.05, 3.63) is 93.4 Å². The number of amides is 2. The van der Waals surface area contributed by atoms with Crippen molar-refractivity contribution in [3.8, 4) is 0 Å². The summed E-state index contributed by atoms with van der Waals surface area (Å²) in [6.45, 7) is 6.50. The van der Waals surface area contributed by atoms with Crippen LogP contribution in [0.5, 0.6) is 0 Å². The van der Waals surface area contributed by atoms with Crippen LogP contribution in [0.2, 0.25) is 15.1 Å². The highest BCUT2D eigenvalue weighted by atomic mass is 35.5. The molecule has 3 aromatic rings. The molecule has 0 heterocycles. The topological polar surface area (TPSA) is 86.8 Å². The van der Waals surface area contributed by atoms with Crippen molar-refractivity contribution >= 4 is 62.3 Å². The van der Waals surface area contributed by atoms with Crippen LogP contribution in [0, 0.1) is 0 Å². The van der Waals surface area contributed by atoms with Crippen LogP contribution in [0.25, 0.3) is 0 Å². The number of carbonyl (C=O) groups excluding carboxylic acids is 2. The molecule has 0 radical (unpaired) electrons. The third-order valence-corrected chi connectivity index (χ3v) is 8.58. The van der Waals surface area contributed by atoms with Crippen LogP contribution in [0.3, 0.4) is 0 Å². The van der Waals surface area contributed by atoms with E-state index in [1.165, 1.54) is 29.2 Å². The number of sulfonamides is 1. The molecule has 0 aromatic heterocycles. The number of halogens is 3. The number of carbonyl (C=O) groups is 2. The maximum absolute atomic E-state index is 13.9. The van der Waals surface area contributed by atoms with Crippen LogP contribution in [0.1, 0.15) is 33.3 Å². The molecule has 1 N–H and O–H groups in total. The molecule has 39 heavy (non-hydrogen) atoms. The van der Waals surface area contributed by atoms with Crippen molar-refractivity contribution < 1.29 is 18.0 Å². The van der Waals surface area contributed by atoms with Crippen LogP contribution in [0.4, 0.5) is 5.69 Å². The standard InChI is InChI=1S/C28H30Cl3N3O4S/c1-19(27(36)32-28(2,3)4)33(17-20-13-15-21(29)16-14-20)25(35)18-34(24-12-8-11-23(30)26(24)31)39(37,38)22-9-6-5-7-10-22/h5-16,19H,17-18H2,1-4H3,(H,32,36)/t19-/m0/s1. The molecule has 1 atom stereocenters. The van der Waals surface area contributed by atoms with Crippen molar-refractivity contribution in [2.75, 3.05) is 10.8 Å². The van der Waals surface area contributed by atoms with Crippen LogP contribution in [-0.4, -0.2) is 43.3 Å². The van der Waals surface area contributed by atoms with E-state index in [9.17, 15) is 18.0 Å². The molecule has 0 aliphatic carbocycles. The Bertz CT molecular complexity index is 1430. The number of nitrogens with zero attached hydrogens (tertiary/aromatic N) is 2. The minimum Gasteiger partial charge on any atom is -0.350 e. The lowest BCUT2D eigenvalue weighted by Crippen LogP contribution is -2.54. The predicted octanol–water partition coefficient (Wildman–Crippen LogP) is 6.17. The normalized spacial score (nSPS) is 12.5. The summed E-state index contributed by atoms with van der Waals surface area (Å²) in [5.74, 6) is -1.000. The fraction of sp³-hybridized carbons (Fsp3) is 0.286. The van der Waals surface area contributed by atoms with E-state index in [-0.39, 0.29) is 33.1 Å². The zero-order chi connectivity index (χ0) is 29.0. The molecule has 11 heteroatoms. The van der Waals surface area contributed by atoms with Gasteiger partial charge in [0.2, 0.25) is 11.8 Å². The van der Waals surface area contributed by atoms with Crippen LogP contribution in [0.15, 0.2) is 77.7 Å². The van der Waals surface area contributed by atoms with Gasteiger partial charge in [-0.15, -0.1) is 0 Å². The molecular formula is C28H30Cl3N3O4S. The molecule has 0 saturated heterocycles. The smallest absolute Gasteiger partial charge is 0.264 e. The number of rotatable bonds is 9. The molecule has 0 fully saturated rings.